The van der Waals surface area contributed by atoms with Crippen LogP contribution in [0.25, 0.3) is 0 Å². The van der Waals surface area contributed by atoms with E-state index in [4.69, 9.17) is 16.3 Å². The Bertz CT molecular complexity index is 905. The zero-order chi connectivity index (χ0) is 20.3. The highest BCUT2D eigenvalue weighted by atomic mass is 35.5. The van der Waals surface area contributed by atoms with E-state index in [-0.39, 0.29) is 17.0 Å². The zero-order valence-corrected chi connectivity index (χ0v) is 16.8. The second-order valence-corrected chi connectivity index (χ2v) is 8.45. The average molecular weight is 423 g/mol. The number of nitrogens with zero attached hydrogens (tertiary/aromatic N) is 2. The molecule has 0 bridgehead atoms. The number of esters is 1. The normalized spacial score (nSPS) is 14.7. The van der Waals surface area contributed by atoms with E-state index in [2.05, 4.69) is 6.92 Å². The van der Waals surface area contributed by atoms with Crippen molar-refractivity contribution < 1.29 is 19.2 Å². The number of rotatable bonds is 6. The molecule has 1 aliphatic rings. The van der Waals surface area contributed by atoms with E-state index in [0.29, 0.717) is 20.8 Å². The molecule has 0 saturated carbocycles. The van der Waals surface area contributed by atoms with Gasteiger partial charge in [-0.2, -0.15) is 0 Å². The third-order valence-corrected chi connectivity index (χ3v) is 5.99. The van der Waals surface area contributed by atoms with Gasteiger partial charge in [-0.3, -0.25) is 14.9 Å². The number of halogens is 1. The van der Waals surface area contributed by atoms with Gasteiger partial charge in [0.05, 0.1) is 19.7 Å². The van der Waals surface area contributed by atoms with E-state index in [1.165, 1.54) is 12.1 Å². The molecule has 1 aliphatic heterocycles. The topological polar surface area (TPSA) is 89.8 Å². The first kappa shape index (κ1) is 20.3. The molecule has 148 valence electrons. The summed E-state index contributed by atoms with van der Waals surface area (Å²) in [5, 5.41) is 11.5. The van der Waals surface area contributed by atoms with Crippen LogP contribution in [0.3, 0.4) is 0 Å². The van der Waals surface area contributed by atoms with E-state index in [1.54, 1.807) is 18.2 Å². The molecular formula is C19H19ClN2O5S. The lowest BCUT2D eigenvalue weighted by Gasteiger charge is -2.31. The van der Waals surface area contributed by atoms with Crippen LogP contribution in [0.5, 0.6) is 0 Å². The highest BCUT2D eigenvalue weighted by Crippen LogP contribution is 2.32. The first-order chi connectivity index (χ1) is 13.3. The number of benzene rings is 1. The number of hydrogen-bond acceptors (Lipinski definition) is 7. The van der Waals surface area contributed by atoms with Crippen LogP contribution in [0, 0.1) is 16.0 Å². The van der Waals surface area contributed by atoms with Crippen molar-refractivity contribution in [2.45, 2.75) is 19.8 Å². The maximum absolute atomic E-state index is 12.3. The molecule has 3 rings (SSSR count). The summed E-state index contributed by atoms with van der Waals surface area (Å²) in [5.74, 6) is -0.558. The van der Waals surface area contributed by atoms with Crippen LogP contribution in [0.15, 0.2) is 30.3 Å². The molecule has 2 heterocycles. The first-order valence-electron chi connectivity index (χ1n) is 8.84. The fourth-order valence-electron chi connectivity index (χ4n) is 3.06. The lowest BCUT2D eigenvalue weighted by molar-refractivity contribution is -0.384. The molecule has 0 radical (unpaired) electrons. The molecule has 1 fully saturated rings. The summed E-state index contributed by atoms with van der Waals surface area (Å²) in [6.45, 7) is 3.19. The van der Waals surface area contributed by atoms with Gasteiger partial charge in [-0.1, -0.05) is 18.5 Å². The molecule has 1 aromatic carbocycles. The number of anilines is 1. The summed E-state index contributed by atoms with van der Waals surface area (Å²) in [5.41, 5.74) is 0.399. The molecule has 1 aromatic heterocycles. The minimum absolute atomic E-state index is 0.0397. The van der Waals surface area contributed by atoms with E-state index in [9.17, 15) is 19.7 Å². The minimum atomic E-state index is -0.780. The number of carbonyl (C=O) groups is 2. The average Bonchev–Trinajstić information content (AvgIpc) is 3.12. The van der Waals surface area contributed by atoms with E-state index >= 15 is 0 Å². The van der Waals surface area contributed by atoms with Gasteiger partial charge >= 0.3 is 5.97 Å². The summed E-state index contributed by atoms with van der Waals surface area (Å²) in [6.07, 6.45) is 1.94. The van der Waals surface area contributed by atoms with Gasteiger partial charge in [0.2, 0.25) is 5.78 Å². The minimum Gasteiger partial charge on any atom is -0.454 e. The summed E-state index contributed by atoms with van der Waals surface area (Å²) < 4.78 is 5.49. The number of ketones is 1. The molecule has 1 saturated heterocycles. The molecule has 0 amide bonds. The number of thiophene rings is 1. The Labute approximate surface area is 171 Å². The largest absolute Gasteiger partial charge is 0.454 e. The molecule has 0 unspecified atom stereocenters. The summed E-state index contributed by atoms with van der Waals surface area (Å²) in [4.78, 5) is 37.7. The van der Waals surface area contributed by atoms with E-state index in [0.717, 1.165) is 37.3 Å². The molecule has 7 nitrogen and oxygen atoms in total. The van der Waals surface area contributed by atoms with Crippen LogP contribution in [0.2, 0.25) is 4.34 Å². The SMILES string of the molecule is CC1CCN(c2ccc(C(=O)OCC(=O)c3ccc(Cl)s3)cc2[N+](=O)[O-])CC1. The van der Waals surface area contributed by atoms with Crippen molar-refractivity contribution in [2.24, 2.45) is 5.92 Å². The van der Waals surface area contributed by atoms with Crippen molar-refractivity contribution in [3.63, 3.8) is 0 Å². The summed E-state index contributed by atoms with van der Waals surface area (Å²) >= 11 is 6.88. The molecule has 0 atom stereocenters. The lowest BCUT2D eigenvalue weighted by atomic mass is 9.98. The second kappa shape index (κ2) is 8.70. The van der Waals surface area contributed by atoms with Gasteiger partial charge < -0.3 is 9.64 Å². The Balaban J connectivity index is 1.71. The Hall–Kier alpha value is -2.45. The number of Topliss-reactive ketones (excluding diaryl/α,β-unsaturated/α-hetero) is 1. The van der Waals surface area contributed by atoms with Gasteiger partial charge in [0.1, 0.15) is 5.69 Å². The van der Waals surface area contributed by atoms with Crippen molar-refractivity contribution in [3.05, 3.63) is 55.2 Å². The molecular weight excluding hydrogens is 404 g/mol. The van der Waals surface area contributed by atoms with Crippen molar-refractivity contribution in [1.82, 2.24) is 0 Å². The molecule has 28 heavy (non-hydrogen) atoms. The van der Waals surface area contributed by atoms with Crippen LogP contribution in [0.1, 0.15) is 39.8 Å². The second-order valence-electron chi connectivity index (χ2n) is 6.73. The molecule has 0 N–H and O–H groups in total. The Morgan fingerprint density at radius 3 is 2.61 bits per heavy atom. The lowest BCUT2D eigenvalue weighted by Crippen LogP contribution is -2.33. The quantitative estimate of drug-likeness (QED) is 0.293. The van der Waals surface area contributed by atoms with Crippen molar-refractivity contribution in [1.29, 1.82) is 0 Å². The van der Waals surface area contributed by atoms with Gasteiger partial charge in [-0.25, -0.2) is 4.79 Å². The predicted molar refractivity (Wildman–Crippen MR) is 108 cm³/mol. The van der Waals surface area contributed by atoms with Crippen LogP contribution >= 0.6 is 22.9 Å². The number of ether oxygens (including phenoxy) is 1. The number of hydrogen-bond donors (Lipinski definition) is 0. The van der Waals surface area contributed by atoms with Crippen LogP contribution < -0.4 is 4.90 Å². The van der Waals surface area contributed by atoms with Crippen molar-refractivity contribution >= 4 is 46.1 Å². The number of piperidine rings is 1. The smallest absolute Gasteiger partial charge is 0.338 e. The summed E-state index contributed by atoms with van der Waals surface area (Å²) in [7, 11) is 0. The van der Waals surface area contributed by atoms with Crippen molar-refractivity contribution in [2.75, 3.05) is 24.6 Å². The first-order valence-corrected chi connectivity index (χ1v) is 10.0. The van der Waals surface area contributed by atoms with E-state index in [1.807, 2.05) is 4.90 Å². The Kier molecular flexibility index (Phi) is 6.31. The number of carbonyl (C=O) groups excluding carboxylic acids is 2. The fourth-order valence-corrected chi connectivity index (χ4v) is 4.03. The highest BCUT2D eigenvalue weighted by Gasteiger charge is 2.25. The molecule has 2 aromatic rings. The maximum Gasteiger partial charge on any atom is 0.338 e. The maximum atomic E-state index is 12.3. The third kappa shape index (κ3) is 4.69. The number of nitro benzene ring substituents is 1. The zero-order valence-electron chi connectivity index (χ0n) is 15.2. The predicted octanol–water partition coefficient (Wildman–Crippen LogP) is 4.59. The highest BCUT2D eigenvalue weighted by molar-refractivity contribution is 7.18. The monoisotopic (exact) mass is 422 g/mol. The van der Waals surface area contributed by atoms with Gasteiger partial charge in [-0.15, -0.1) is 11.3 Å². The third-order valence-electron chi connectivity index (χ3n) is 4.71. The number of nitro groups is 1. The molecule has 9 heteroatoms. The van der Waals surface area contributed by atoms with Gasteiger partial charge in [0, 0.05) is 19.2 Å². The summed E-state index contributed by atoms with van der Waals surface area (Å²) in [6, 6.07) is 7.43. The van der Waals surface area contributed by atoms with Gasteiger partial charge in [0.15, 0.2) is 6.61 Å². The van der Waals surface area contributed by atoms with Crippen LogP contribution in [0.4, 0.5) is 11.4 Å². The van der Waals surface area contributed by atoms with Gasteiger partial charge in [0.25, 0.3) is 5.69 Å². The fraction of sp³-hybridized carbons (Fsp3) is 0.368. The van der Waals surface area contributed by atoms with Gasteiger partial charge in [-0.05, 0) is 43.0 Å². The van der Waals surface area contributed by atoms with Crippen LogP contribution in [-0.2, 0) is 4.74 Å². The Morgan fingerprint density at radius 1 is 1.29 bits per heavy atom. The van der Waals surface area contributed by atoms with E-state index < -0.39 is 17.5 Å². The Morgan fingerprint density at radius 2 is 2.00 bits per heavy atom. The molecule has 0 spiro atoms. The van der Waals surface area contributed by atoms with Crippen LogP contribution in [-0.4, -0.2) is 36.4 Å². The van der Waals surface area contributed by atoms with Crippen molar-refractivity contribution in [3.8, 4) is 0 Å². The standard InChI is InChI=1S/C19H19ClN2O5S/c1-12-6-8-21(9-7-12)14-3-2-13(10-15(14)22(25)26)19(24)27-11-16(23)17-4-5-18(20)28-17/h2-5,10,12H,6-9,11H2,1H3. The molecule has 0 aliphatic carbocycles.